The van der Waals surface area contributed by atoms with Crippen molar-refractivity contribution in [2.24, 2.45) is 0 Å². The van der Waals surface area contributed by atoms with Crippen LogP contribution in [0.15, 0.2) is 34.9 Å². The van der Waals surface area contributed by atoms with Crippen molar-refractivity contribution in [2.75, 3.05) is 11.1 Å². The number of pyridine rings is 1. The minimum Gasteiger partial charge on any atom is -0.399 e. The lowest BCUT2D eigenvalue weighted by atomic mass is 10.1. The number of benzene rings is 1. The number of hydrogen-bond acceptors (Lipinski definition) is 5. The zero-order valence-electron chi connectivity index (χ0n) is 11.5. The number of rotatable bonds is 3. The average Bonchev–Trinajstić information content (AvgIpc) is 2.82. The van der Waals surface area contributed by atoms with Crippen LogP contribution < -0.4 is 11.1 Å². The van der Waals surface area contributed by atoms with E-state index in [9.17, 15) is 0 Å². The monoisotopic (exact) mass is 268 g/mol. The van der Waals surface area contributed by atoms with Gasteiger partial charge in [-0.1, -0.05) is 5.16 Å². The van der Waals surface area contributed by atoms with Gasteiger partial charge in [0.15, 0.2) is 0 Å². The number of nitrogens with zero attached hydrogens (tertiary/aromatic N) is 2. The molecule has 2 aromatic heterocycles. The first kappa shape index (κ1) is 12.5. The third-order valence-electron chi connectivity index (χ3n) is 3.10. The second-order valence-electron chi connectivity index (χ2n) is 4.87. The van der Waals surface area contributed by atoms with E-state index >= 15 is 0 Å². The summed E-state index contributed by atoms with van der Waals surface area (Å²) >= 11 is 0. The van der Waals surface area contributed by atoms with Crippen molar-refractivity contribution >= 4 is 22.3 Å². The number of nitrogens with two attached hydrogens (primary N) is 1. The van der Waals surface area contributed by atoms with E-state index < -0.39 is 0 Å². The Kier molecular flexibility index (Phi) is 3.02. The molecule has 102 valence electrons. The summed E-state index contributed by atoms with van der Waals surface area (Å²) in [6.07, 6.45) is 0. The van der Waals surface area contributed by atoms with E-state index in [-0.39, 0.29) is 0 Å². The van der Waals surface area contributed by atoms with Crippen molar-refractivity contribution in [3.8, 4) is 0 Å². The van der Waals surface area contributed by atoms with Crippen molar-refractivity contribution in [3.63, 3.8) is 0 Å². The van der Waals surface area contributed by atoms with Crippen LogP contribution in [0.25, 0.3) is 10.9 Å². The van der Waals surface area contributed by atoms with Crippen molar-refractivity contribution in [3.05, 3.63) is 47.5 Å². The fraction of sp³-hybridized carbons (Fsp3) is 0.200. The summed E-state index contributed by atoms with van der Waals surface area (Å²) < 4.78 is 5.06. The van der Waals surface area contributed by atoms with Gasteiger partial charge in [0.25, 0.3) is 0 Å². The van der Waals surface area contributed by atoms with E-state index in [1.807, 2.05) is 44.2 Å². The number of aryl methyl sites for hydroxylation is 2. The molecule has 20 heavy (non-hydrogen) atoms. The Balaban J connectivity index is 1.95. The predicted octanol–water partition coefficient (Wildman–Crippen LogP) is 3.03. The molecule has 0 saturated carbocycles. The van der Waals surface area contributed by atoms with Crippen LogP contribution in [0.3, 0.4) is 0 Å². The summed E-state index contributed by atoms with van der Waals surface area (Å²) in [6, 6.07) is 9.65. The van der Waals surface area contributed by atoms with Gasteiger partial charge in [-0.05, 0) is 38.1 Å². The fourth-order valence-electron chi connectivity index (χ4n) is 2.21. The molecular weight excluding hydrogens is 252 g/mol. The minimum absolute atomic E-state index is 0.602. The van der Waals surface area contributed by atoms with Crippen LogP contribution in [0.4, 0.5) is 11.4 Å². The SMILES string of the molecule is Cc1cc(NCc2cc(C)on2)c2cc(N)ccc2n1. The average molecular weight is 268 g/mol. The fourth-order valence-corrected chi connectivity index (χ4v) is 2.21. The Morgan fingerprint density at radius 1 is 1.20 bits per heavy atom. The van der Waals surface area contributed by atoms with Crippen molar-refractivity contribution < 1.29 is 4.52 Å². The number of nitrogens with one attached hydrogen (secondary N) is 1. The zero-order chi connectivity index (χ0) is 14.1. The van der Waals surface area contributed by atoms with Crippen LogP contribution in [0.5, 0.6) is 0 Å². The maximum atomic E-state index is 5.86. The highest BCUT2D eigenvalue weighted by molar-refractivity contribution is 5.93. The van der Waals surface area contributed by atoms with Crippen molar-refractivity contribution in [1.82, 2.24) is 10.1 Å². The van der Waals surface area contributed by atoms with E-state index in [1.54, 1.807) is 0 Å². The number of anilines is 2. The smallest absolute Gasteiger partial charge is 0.133 e. The first-order valence-electron chi connectivity index (χ1n) is 6.45. The van der Waals surface area contributed by atoms with Gasteiger partial charge in [-0.15, -0.1) is 0 Å². The third kappa shape index (κ3) is 2.42. The topological polar surface area (TPSA) is 77.0 Å². The van der Waals surface area contributed by atoms with Crippen molar-refractivity contribution in [2.45, 2.75) is 20.4 Å². The molecule has 3 rings (SSSR count). The second-order valence-corrected chi connectivity index (χ2v) is 4.87. The van der Waals surface area contributed by atoms with Gasteiger partial charge >= 0.3 is 0 Å². The van der Waals surface area contributed by atoms with E-state index in [4.69, 9.17) is 10.3 Å². The molecule has 0 saturated heterocycles. The quantitative estimate of drug-likeness (QED) is 0.714. The maximum Gasteiger partial charge on any atom is 0.133 e. The lowest BCUT2D eigenvalue weighted by Crippen LogP contribution is -2.02. The Labute approximate surface area is 116 Å². The highest BCUT2D eigenvalue weighted by Gasteiger charge is 2.06. The van der Waals surface area contributed by atoms with Crippen LogP contribution >= 0.6 is 0 Å². The summed E-state index contributed by atoms with van der Waals surface area (Å²) in [5, 5.41) is 8.35. The van der Waals surface area contributed by atoms with E-state index in [2.05, 4.69) is 15.5 Å². The predicted molar refractivity (Wildman–Crippen MR) is 79.5 cm³/mol. The standard InChI is InChI=1S/C15H16N4O/c1-9-5-15(17-8-12-6-10(2)20-19-12)13-7-11(16)3-4-14(13)18-9/h3-7H,8,16H2,1-2H3,(H,17,18). The lowest BCUT2D eigenvalue weighted by molar-refractivity contribution is 0.391. The number of hydrogen-bond donors (Lipinski definition) is 2. The lowest BCUT2D eigenvalue weighted by Gasteiger charge is -2.10. The van der Waals surface area contributed by atoms with Gasteiger partial charge in [0.2, 0.25) is 0 Å². The van der Waals surface area contributed by atoms with E-state index in [0.29, 0.717) is 6.54 Å². The summed E-state index contributed by atoms with van der Waals surface area (Å²) in [4.78, 5) is 4.51. The highest BCUT2D eigenvalue weighted by Crippen LogP contribution is 2.25. The van der Waals surface area contributed by atoms with E-state index in [1.165, 1.54) is 0 Å². The maximum absolute atomic E-state index is 5.86. The summed E-state index contributed by atoms with van der Waals surface area (Å²) in [6.45, 7) is 4.45. The molecular formula is C15H16N4O. The molecule has 0 amide bonds. The molecule has 0 aliphatic rings. The Bertz CT molecular complexity index is 764. The molecule has 0 unspecified atom stereocenters. The molecule has 5 nitrogen and oxygen atoms in total. The van der Waals surface area contributed by atoms with Gasteiger partial charge in [0.1, 0.15) is 11.5 Å². The summed E-state index contributed by atoms with van der Waals surface area (Å²) in [5.74, 6) is 0.807. The van der Waals surface area contributed by atoms with E-state index in [0.717, 1.165) is 39.4 Å². The molecule has 0 aliphatic carbocycles. The Hall–Kier alpha value is -2.56. The van der Waals surface area contributed by atoms with Gasteiger partial charge in [-0.25, -0.2) is 0 Å². The van der Waals surface area contributed by atoms with Gasteiger partial charge < -0.3 is 15.6 Å². The first-order chi connectivity index (χ1) is 9.61. The van der Waals surface area contributed by atoms with Crippen LogP contribution in [-0.2, 0) is 6.54 Å². The third-order valence-corrected chi connectivity index (χ3v) is 3.10. The van der Waals surface area contributed by atoms with Crippen LogP contribution in [0.1, 0.15) is 17.1 Å². The zero-order valence-corrected chi connectivity index (χ0v) is 11.5. The largest absolute Gasteiger partial charge is 0.399 e. The molecule has 0 fully saturated rings. The molecule has 3 N–H and O–H groups in total. The van der Waals surface area contributed by atoms with Crippen LogP contribution in [0.2, 0.25) is 0 Å². The molecule has 0 spiro atoms. The normalized spacial score (nSPS) is 10.9. The number of nitrogen functional groups attached to an aromatic ring is 1. The number of aromatic nitrogens is 2. The molecule has 2 heterocycles. The van der Waals surface area contributed by atoms with Gasteiger partial charge in [-0.2, -0.15) is 0 Å². The summed E-state index contributed by atoms with van der Waals surface area (Å²) in [7, 11) is 0. The molecule has 0 atom stereocenters. The molecule has 3 aromatic rings. The number of fused-ring (bicyclic) bond motifs is 1. The molecule has 1 aromatic carbocycles. The van der Waals surface area contributed by atoms with Crippen LogP contribution in [0, 0.1) is 13.8 Å². The molecule has 0 radical (unpaired) electrons. The minimum atomic E-state index is 0.602. The Morgan fingerprint density at radius 3 is 2.80 bits per heavy atom. The van der Waals surface area contributed by atoms with Gasteiger partial charge in [0.05, 0.1) is 12.1 Å². The first-order valence-corrected chi connectivity index (χ1v) is 6.45. The summed E-state index contributed by atoms with van der Waals surface area (Å²) in [5.41, 5.74) is 10.3. The van der Waals surface area contributed by atoms with Gasteiger partial charge in [0, 0.05) is 28.5 Å². The van der Waals surface area contributed by atoms with Gasteiger partial charge in [-0.3, -0.25) is 4.98 Å². The Morgan fingerprint density at radius 2 is 2.05 bits per heavy atom. The molecule has 0 aliphatic heterocycles. The molecule has 5 heteroatoms. The highest BCUT2D eigenvalue weighted by atomic mass is 16.5. The van der Waals surface area contributed by atoms with Crippen LogP contribution in [-0.4, -0.2) is 10.1 Å². The van der Waals surface area contributed by atoms with Crippen molar-refractivity contribution in [1.29, 1.82) is 0 Å². The molecule has 0 bridgehead atoms. The second kappa shape index (κ2) is 4.85.